The number of aromatic nitrogens is 1. The molecular formula is C13H19ClN2. The molecule has 0 aromatic carbocycles. The van der Waals surface area contributed by atoms with Crippen molar-refractivity contribution in [3.63, 3.8) is 0 Å². The number of halogens is 1. The lowest BCUT2D eigenvalue weighted by atomic mass is 9.92. The van der Waals surface area contributed by atoms with E-state index in [0.29, 0.717) is 11.9 Å². The van der Waals surface area contributed by atoms with Crippen molar-refractivity contribution >= 4 is 17.4 Å². The Morgan fingerprint density at radius 3 is 3.06 bits per heavy atom. The summed E-state index contributed by atoms with van der Waals surface area (Å²) in [4.78, 5) is 6.91. The predicted molar refractivity (Wildman–Crippen MR) is 69.0 cm³/mol. The maximum Gasteiger partial charge on any atom is 0.133 e. The number of alkyl halides is 1. The van der Waals surface area contributed by atoms with Crippen LogP contribution in [0.15, 0.2) is 18.3 Å². The Morgan fingerprint density at radius 1 is 1.50 bits per heavy atom. The second kappa shape index (κ2) is 5.05. The first-order chi connectivity index (χ1) is 7.74. The molecule has 16 heavy (non-hydrogen) atoms. The first-order valence-electron chi connectivity index (χ1n) is 6.00. The van der Waals surface area contributed by atoms with Gasteiger partial charge >= 0.3 is 0 Å². The Labute approximate surface area is 103 Å². The van der Waals surface area contributed by atoms with E-state index >= 15 is 0 Å². The Morgan fingerprint density at radius 2 is 2.31 bits per heavy atom. The van der Waals surface area contributed by atoms with E-state index in [1.165, 1.54) is 12.8 Å². The molecule has 2 nitrogen and oxygen atoms in total. The zero-order chi connectivity index (χ0) is 11.5. The van der Waals surface area contributed by atoms with E-state index in [4.69, 9.17) is 11.6 Å². The average molecular weight is 239 g/mol. The highest BCUT2D eigenvalue weighted by molar-refractivity contribution is 6.17. The van der Waals surface area contributed by atoms with Crippen molar-refractivity contribution < 1.29 is 0 Å². The van der Waals surface area contributed by atoms with Gasteiger partial charge in [0.15, 0.2) is 0 Å². The topological polar surface area (TPSA) is 16.1 Å². The van der Waals surface area contributed by atoms with Crippen LogP contribution in [0.3, 0.4) is 0 Å². The van der Waals surface area contributed by atoms with Gasteiger partial charge in [-0.25, -0.2) is 4.98 Å². The quantitative estimate of drug-likeness (QED) is 0.734. The van der Waals surface area contributed by atoms with Crippen molar-refractivity contribution in [2.45, 2.75) is 38.6 Å². The summed E-state index contributed by atoms with van der Waals surface area (Å²) in [6, 6.07) is 4.59. The standard InChI is InChI=1S/C13H19ClN2/c1-10-5-4-8-16(11(10)2)13-12(9-14)6-3-7-15-13/h3,6-7,10-11H,4-5,8-9H2,1-2H3. The smallest absolute Gasteiger partial charge is 0.133 e. The number of nitrogens with zero attached hydrogens (tertiary/aromatic N) is 2. The van der Waals surface area contributed by atoms with E-state index in [1.54, 1.807) is 0 Å². The molecule has 1 aromatic heterocycles. The molecule has 1 aromatic rings. The zero-order valence-electron chi connectivity index (χ0n) is 9.99. The summed E-state index contributed by atoms with van der Waals surface area (Å²) in [7, 11) is 0. The molecule has 3 heteroatoms. The van der Waals surface area contributed by atoms with Gasteiger partial charge in [0.05, 0.1) is 5.88 Å². The molecule has 1 saturated heterocycles. The van der Waals surface area contributed by atoms with Crippen LogP contribution < -0.4 is 4.90 Å². The first kappa shape index (κ1) is 11.7. The lowest BCUT2D eigenvalue weighted by Crippen LogP contribution is -2.43. The zero-order valence-corrected chi connectivity index (χ0v) is 10.7. The second-order valence-corrected chi connectivity index (χ2v) is 4.94. The van der Waals surface area contributed by atoms with Gasteiger partial charge in [0.1, 0.15) is 5.82 Å². The van der Waals surface area contributed by atoms with Crippen LogP contribution >= 0.6 is 11.6 Å². The number of rotatable bonds is 2. The molecule has 2 unspecified atom stereocenters. The van der Waals surface area contributed by atoms with E-state index in [2.05, 4.69) is 29.8 Å². The summed E-state index contributed by atoms with van der Waals surface area (Å²) >= 11 is 5.97. The minimum Gasteiger partial charge on any atom is -0.353 e. The third-order valence-corrected chi connectivity index (χ3v) is 3.95. The summed E-state index contributed by atoms with van der Waals surface area (Å²) in [5, 5.41) is 0. The summed E-state index contributed by atoms with van der Waals surface area (Å²) in [6.45, 7) is 5.71. The van der Waals surface area contributed by atoms with E-state index in [1.807, 2.05) is 12.3 Å². The fourth-order valence-electron chi connectivity index (χ4n) is 2.43. The molecule has 0 bridgehead atoms. The predicted octanol–water partition coefficient (Wildman–Crippen LogP) is 3.45. The van der Waals surface area contributed by atoms with Crippen LogP contribution in [-0.2, 0) is 5.88 Å². The molecule has 1 aliphatic heterocycles. The van der Waals surface area contributed by atoms with E-state index in [0.717, 1.165) is 23.8 Å². The lowest BCUT2D eigenvalue weighted by Gasteiger charge is -2.39. The minimum absolute atomic E-state index is 0.542. The van der Waals surface area contributed by atoms with Gasteiger partial charge in [0, 0.05) is 24.3 Å². The van der Waals surface area contributed by atoms with E-state index < -0.39 is 0 Å². The molecule has 2 heterocycles. The summed E-state index contributed by atoms with van der Waals surface area (Å²) < 4.78 is 0. The van der Waals surface area contributed by atoms with Crippen molar-refractivity contribution in [3.8, 4) is 0 Å². The highest BCUT2D eigenvalue weighted by Gasteiger charge is 2.26. The van der Waals surface area contributed by atoms with Crippen LogP contribution in [-0.4, -0.2) is 17.6 Å². The van der Waals surface area contributed by atoms with Crippen molar-refractivity contribution in [2.75, 3.05) is 11.4 Å². The molecule has 2 rings (SSSR count). The summed E-state index contributed by atoms with van der Waals surface area (Å²) in [5.74, 6) is 2.36. The van der Waals surface area contributed by atoms with Crippen LogP contribution in [0.2, 0.25) is 0 Å². The number of anilines is 1. The Bertz CT molecular complexity index is 354. The largest absolute Gasteiger partial charge is 0.353 e. The summed E-state index contributed by atoms with van der Waals surface area (Å²) in [6.07, 6.45) is 4.43. The molecule has 0 amide bonds. The van der Waals surface area contributed by atoms with Gasteiger partial charge in [0.25, 0.3) is 0 Å². The molecule has 88 valence electrons. The molecular weight excluding hydrogens is 220 g/mol. The second-order valence-electron chi connectivity index (χ2n) is 4.67. The van der Waals surface area contributed by atoms with Crippen LogP contribution in [0, 0.1) is 5.92 Å². The molecule has 0 N–H and O–H groups in total. The monoisotopic (exact) mass is 238 g/mol. The third-order valence-electron chi connectivity index (χ3n) is 3.66. The fraction of sp³-hybridized carbons (Fsp3) is 0.615. The summed E-state index contributed by atoms with van der Waals surface area (Å²) in [5.41, 5.74) is 1.14. The highest BCUT2D eigenvalue weighted by Crippen LogP contribution is 2.29. The van der Waals surface area contributed by atoms with Gasteiger partial charge in [-0.15, -0.1) is 11.6 Å². The molecule has 0 saturated carbocycles. The van der Waals surface area contributed by atoms with Crippen molar-refractivity contribution in [1.29, 1.82) is 0 Å². The Kier molecular flexibility index (Phi) is 3.70. The maximum absolute atomic E-state index is 5.97. The number of piperidine rings is 1. The maximum atomic E-state index is 5.97. The molecule has 0 spiro atoms. The van der Waals surface area contributed by atoms with Crippen LogP contribution in [0.4, 0.5) is 5.82 Å². The Hall–Kier alpha value is -0.760. The van der Waals surface area contributed by atoms with Crippen LogP contribution in [0.25, 0.3) is 0 Å². The van der Waals surface area contributed by atoms with Crippen molar-refractivity contribution in [2.24, 2.45) is 5.92 Å². The average Bonchev–Trinajstić information content (AvgIpc) is 2.33. The number of pyridine rings is 1. The molecule has 1 aliphatic rings. The highest BCUT2D eigenvalue weighted by atomic mass is 35.5. The fourth-order valence-corrected chi connectivity index (χ4v) is 2.64. The van der Waals surface area contributed by atoms with Gasteiger partial charge in [0.2, 0.25) is 0 Å². The Balaban J connectivity index is 2.28. The van der Waals surface area contributed by atoms with E-state index in [-0.39, 0.29) is 0 Å². The van der Waals surface area contributed by atoms with Gasteiger partial charge in [-0.1, -0.05) is 13.0 Å². The van der Waals surface area contributed by atoms with Crippen LogP contribution in [0.5, 0.6) is 0 Å². The van der Waals surface area contributed by atoms with Crippen LogP contribution in [0.1, 0.15) is 32.3 Å². The number of hydrogen-bond acceptors (Lipinski definition) is 2. The van der Waals surface area contributed by atoms with Gasteiger partial charge in [-0.05, 0) is 31.7 Å². The number of hydrogen-bond donors (Lipinski definition) is 0. The molecule has 2 atom stereocenters. The lowest BCUT2D eigenvalue weighted by molar-refractivity contribution is 0.361. The van der Waals surface area contributed by atoms with Gasteiger partial charge in [-0.3, -0.25) is 0 Å². The minimum atomic E-state index is 0.542. The molecule has 0 aliphatic carbocycles. The van der Waals surface area contributed by atoms with Crippen molar-refractivity contribution in [1.82, 2.24) is 4.98 Å². The normalized spacial score (nSPS) is 25.8. The van der Waals surface area contributed by atoms with Gasteiger partial charge in [-0.2, -0.15) is 0 Å². The third kappa shape index (κ3) is 2.17. The first-order valence-corrected chi connectivity index (χ1v) is 6.54. The molecule has 1 fully saturated rings. The SMILES string of the molecule is CC1CCCN(c2ncccc2CCl)C1C. The van der Waals surface area contributed by atoms with E-state index in [9.17, 15) is 0 Å². The molecule has 0 radical (unpaired) electrons. The van der Waals surface area contributed by atoms with Crippen molar-refractivity contribution in [3.05, 3.63) is 23.9 Å². The van der Waals surface area contributed by atoms with Gasteiger partial charge < -0.3 is 4.90 Å².